The molecule has 0 aromatic heterocycles. The van der Waals surface area contributed by atoms with Crippen LogP contribution in [0.4, 0.5) is 8.78 Å². The molecule has 24 heavy (non-hydrogen) atoms. The number of rotatable bonds is 6. The number of hydrogen-bond acceptors (Lipinski definition) is 4. The molecule has 0 aliphatic carbocycles. The molecular formula is C16H14F2N2O4. The molecule has 0 aliphatic rings. The largest absolute Gasteiger partial charge is 0.484 e. The highest BCUT2D eigenvalue weighted by Gasteiger charge is 2.08. The number of para-hydroxylation sites is 1. The van der Waals surface area contributed by atoms with Crippen LogP contribution in [0.25, 0.3) is 0 Å². The predicted molar refractivity (Wildman–Crippen MR) is 80.1 cm³/mol. The summed E-state index contributed by atoms with van der Waals surface area (Å²) in [4.78, 5) is 23.0. The van der Waals surface area contributed by atoms with E-state index in [0.717, 1.165) is 0 Å². The molecule has 0 unspecified atom stereocenters. The fourth-order valence-electron chi connectivity index (χ4n) is 1.60. The van der Waals surface area contributed by atoms with Gasteiger partial charge in [-0.2, -0.15) is 0 Å². The van der Waals surface area contributed by atoms with Gasteiger partial charge in [-0.05, 0) is 36.4 Å². The van der Waals surface area contributed by atoms with Crippen molar-refractivity contribution in [2.45, 2.75) is 0 Å². The zero-order valence-corrected chi connectivity index (χ0v) is 12.4. The van der Waals surface area contributed by atoms with E-state index in [1.165, 1.54) is 42.5 Å². The van der Waals surface area contributed by atoms with E-state index in [4.69, 9.17) is 9.47 Å². The van der Waals surface area contributed by atoms with Gasteiger partial charge in [-0.25, -0.2) is 8.78 Å². The van der Waals surface area contributed by atoms with Gasteiger partial charge in [0.05, 0.1) is 0 Å². The number of carbonyl (C=O) groups excluding carboxylic acids is 2. The quantitative estimate of drug-likeness (QED) is 0.785. The van der Waals surface area contributed by atoms with Gasteiger partial charge in [0.15, 0.2) is 24.8 Å². The van der Waals surface area contributed by atoms with E-state index in [-0.39, 0.29) is 12.4 Å². The maximum atomic E-state index is 13.3. The Balaban J connectivity index is 1.66. The van der Waals surface area contributed by atoms with E-state index < -0.39 is 30.1 Å². The predicted octanol–water partition coefficient (Wildman–Crippen LogP) is 1.57. The maximum Gasteiger partial charge on any atom is 0.276 e. The molecule has 2 aromatic carbocycles. The van der Waals surface area contributed by atoms with Crippen LogP contribution in [0.5, 0.6) is 11.5 Å². The molecule has 0 fully saturated rings. The molecule has 0 heterocycles. The lowest BCUT2D eigenvalue weighted by molar-refractivity contribution is -0.131. The maximum absolute atomic E-state index is 13.3. The number of hydrogen-bond donors (Lipinski definition) is 2. The van der Waals surface area contributed by atoms with Crippen LogP contribution in [-0.4, -0.2) is 25.0 Å². The molecule has 0 saturated carbocycles. The number of amides is 2. The first kappa shape index (κ1) is 17.2. The van der Waals surface area contributed by atoms with Crippen molar-refractivity contribution in [3.63, 3.8) is 0 Å². The van der Waals surface area contributed by atoms with Crippen molar-refractivity contribution in [1.29, 1.82) is 0 Å². The summed E-state index contributed by atoms with van der Waals surface area (Å²) in [7, 11) is 0. The molecule has 0 radical (unpaired) electrons. The number of halogens is 2. The van der Waals surface area contributed by atoms with Gasteiger partial charge < -0.3 is 9.47 Å². The van der Waals surface area contributed by atoms with Crippen LogP contribution in [0.1, 0.15) is 0 Å². The van der Waals surface area contributed by atoms with Crippen LogP contribution in [0.15, 0.2) is 48.5 Å². The Morgan fingerprint density at radius 3 is 2.04 bits per heavy atom. The molecule has 2 N–H and O–H groups in total. The monoisotopic (exact) mass is 336 g/mol. The summed E-state index contributed by atoms with van der Waals surface area (Å²) in [6.07, 6.45) is 0. The number of nitrogens with one attached hydrogen (secondary N) is 2. The fraction of sp³-hybridized carbons (Fsp3) is 0.125. The smallest absolute Gasteiger partial charge is 0.276 e. The van der Waals surface area contributed by atoms with Gasteiger partial charge in [0.1, 0.15) is 11.6 Å². The minimum Gasteiger partial charge on any atom is -0.484 e. The third kappa shape index (κ3) is 5.56. The highest BCUT2D eigenvalue weighted by molar-refractivity contribution is 5.83. The average Bonchev–Trinajstić information content (AvgIpc) is 2.58. The second kappa shape index (κ2) is 8.47. The van der Waals surface area contributed by atoms with Gasteiger partial charge in [0.25, 0.3) is 11.8 Å². The van der Waals surface area contributed by atoms with E-state index in [9.17, 15) is 18.4 Å². The molecule has 2 aromatic rings. The molecule has 6 nitrogen and oxygen atoms in total. The van der Waals surface area contributed by atoms with Crippen molar-refractivity contribution in [3.8, 4) is 11.5 Å². The molecule has 2 rings (SSSR count). The summed E-state index contributed by atoms with van der Waals surface area (Å²) < 4.78 is 36.0. The molecule has 0 bridgehead atoms. The van der Waals surface area contributed by atoms with Crippen molar-refractivity contribution in [2.24, 2.45) is 0 Å². The van der Waals surface area contributed by atoms with E-state index in [0.29, 0.717) is 5.75 Å². The number of hydrazine groups is 1. The lowest BCUT2D eigenvalue weighted by Crippen LogP contribution is -2.45. The normalized spacial score (nSPS) is 9.92. The Labute approximate surface area is 136 Å². The van der Waals surface area contributed by atoms with Crippen LogP contribution in [0.2, 0.25) is 0 Å². The lowest BCUT2D eigenvalue weighted by Gasteiger charge is -2.10. The van der Waals surface area contributed by atoms with Crippen molar-refractivity contribution in [3.05, 3.63) is 60.2 Å². The number of carbonyl (C=O) groups is 2. The molecule has 0 spiro atoms. The molecule has 8 heteroatoms. The fourth-order valence-corrected chi connectivity index (χ4v) is 1.60. The first-order chi connectivity index (χ1) is 11.5. The van der Waals surface area contributed by atoms with E-state index in [1.807, 2.05) is 0 Å². The third-order valence-corrected chi connectivity index (χ3v) is 2.72. The van der Waals surface area contributed by atoms with Crippen LogP contribution >= 0.6 is 0 Å². The van der Waals surface area contributed by atoms with Gasteiger partial charge in [-0.15, -0.1) is 0 Å². The summed E-state index contributed by atoms with van der Waals surface area (Å²) in [5.74, 6) is -2.08. The zero-order valence-electron chi connectivity index (χ0n) is 12.4. The first-order valence-corrected chi connectivity index (χ1v) is 6.88. The molecule has 0 saturated heterocycles. The van der Waals surface area contributed by atoms with Gasteiger partial charge >= 0.3 is 0 Å². The summed E-state index contributed by atoms with van der Waals surface area (Å²) in [6, 6.07) is 10.7. The Bertz CT molecular complexity index is 707. The minimum atomic E-state index is -0.673. The molecule has 0 atom stereocenters. The van der Waals surface area contributed by atoms with Crippen LogP contribution < -0.4 is 20.3 Å². The summed E-state index contributed by atoms with van der Waals surface area (Å²) in [5.41, 5.74) is 4.20. The summed E-state index contributed by atoms with van der Waals surface area (Å²) >= 11 is 0. The lowest BCUT2D eigenvalue weighted by atomic mass is 10.3. The van der Waals surface area contributed by atoms with Gasteiger partial charge in [-0.3, -0.25) is 20.4 Å². The van der Waals surface area contributed by atoms with Crippen molar-refractivity contribution in [1.82, 2.24) is 10.9 Å². The SMILES string of the molecule is O=C(COc1ccc(F)cc1)NNC(=O)COc1ccccc1F. The topological polar surface area (TPSA) is 76.7 Å². The van der Waals surface area contributed by atoms with Crippen LogP contribution in [0, 0.1) is 11.6 Å². The Morgan fingerprint density at radius 2 is 1.42 bits per heavy atom. The Kier molecular flexibility index (Phi) is 6.07. The standard InChI is InChI=1S/C16H14F2N2O4/c17-11-5-7-12(8-6-11)23-9-15(21)19-20-16(22)10-24-14-4-2-1-3-13(14)18/h1-8H,9-10H2,(H,19,21)(H,20,22). The van der Waals surface area contributed by atoms with Gasteiger partial charge in [0.2, 0.25) is 0 Å². The second-order valence-corrected chi connectivity index (χ2v) is 4.56. The van der Waals surface area contributed by atoms with Crippen molar-refractivity contribution < 1.29 is 27.8 Å². The number of benzene rings is 2. The Hall–Kier alpha value is -3.16. The summed E-state index contributed by atoms with van der Waals surface area (Å²) in [5, 5.41) is 0. The average molecular weight is 336 g/mol. The van der Waals surface area contributed by atoms with Crippen molar-refractivity contribution in [2.75, 3.05) is 13.2 Å². The van der Waals surface area contributed by atoms with Gasteiger partial charge in [0, 0.05) is 0 Å². The molecule has 126 valence electrons. The highest BCUT2D eigenvalue weighted by atomic mass is 19.1. The van der Waals surface area contributed by atoms with E-state index >= 15 is 0 Å². The third-order valence-electron chi connectivity index (χ3n) is 2.72. The molecule has 2 amide bonds. The Morgan fingerprint density at radius 1 is 0.833 bits per heavy atom. The minimum absolute atomic E-state index is 0.0707. The zero-order chi connectivity index (χ0) is 17.4. The van der Waals surface area contributed by atoms with Crippen LogP contribution in [-0.2, 0) is 9.59 Å². The number of ether oxygens (including phenoxy) is 2. The molecular weight excluding hydrogens is 322 g/mol. The van der Waals surface area contributed by atoms with E-state index in [2.05, 4.69) is 10.9 Å². The van der Waals surface area contributed by atoms with Crippen molar-refractivity contribution >= 4 is 11.8 Å². The summed E-state index contributed by atoms with van der Waals surface area (Å²) in [6.45, 7) is -0.847. The first-order valence-electron chi connectivity index (χ1n) is 6.88. The van der Waals surface area contributed by atoms with E-state index in [1.54, 1.807) is 6.07 Å². The second-order valence-electron chi connectivity index (χ2n) is 4.56. The highest BCUT2D eigenvalue weighted by Crippen LogP contribution is 2.14. The van der Waals surface area contributed by atoms with Crippen LogP contribution in [0.3, 0.4) is 0 Å². The molecule has 0 aliphatic heterocycles. The van der Waals surface area contributed by atoms with Gasteiger partial charge in [-0.1, -0.05) is 12.1 Å².